The molecule has 2 N–H and O–H groups in total. The van der Waals surface area contributed by atoms with Crippen molar-refractivity contribution in [3.05, 3.63) is 29.6 Å². The van der Waals surface area contributed by atoms with Crippen LogP contribution >= 0.6 is 0 Å². The van der Waals surface area contributed by atoms with Gasteiger partial charge in [0.2, 0.25) is 0 Å². The molecule has 1 aliphatic heterocycles. The van der Waals surface area contributed by atoms with Crippen LogP contribution in [0.25, 0.3) is 0 Å². The summed E-state index contributed by atoms with van der Waals surface area (Å²) in [5.41, 5.74) is -0.0241. The number of carbonyl (C=O) groups excluding carboxylic acids is 1. The van der Waals surface area contributed by atoms with E-state index >= 15 is 0 Å². The molecule has 2 unspecified atom stereocenters. The number of carbonyl (C=O) groups is 1. The normalized spacial score (nSPS) is 24.2. The highest BCUT2D eigenvalue weighted by Gasteiger charge is 2.26. The van der Waals surface area contributed by atoms with Crippen molar-refractivity contribution in [3.8, 4) is 5.75 Å². The third kappa shape index (κ3) is 3.23. The van der Waals surface area contributed by atoms with Gasteiger partial charge >= 0.3 is 0 Å². The summed E-state index contributed by atoms with van der Waals surface area (Å²) in [6.45, 7) is 3.92. The van der Waals surface area contributed by atoms with Gasteiger partial charge in [-0.05, 0) is 38.1 Å². The van der Waals surface area contributed by atoms with E-state index < -0.39 is 11.7 Å². The van der Waals surface area contributed by atoms with Gasteiger partial charge in [-0.1, -0.05) is 6.92 Å². The molecule has 1 amide bonds. The molecule has 4 nitrogen and oxygen atoms in total. The van der Waals surface area contributed by atoms with Gasteiger partial charge in [0.25, 0.3) is 5.91 Å². The fraction of sp³-hybridized carbons (Fsp3) is 0.500. The molecule has 1 aliphatic rings. The van der Waals surface area contributed by atoms with Crippen molar-refractivity contribution in [3.63, 3.8) is 0 Å². The van der Waals surface area contributed by atoms with Crippen molar-refractivity contribution in [2.45, 2.75) is 19.4 Å². The zero-order chi connectivity index (χ0) is 14.0. The van der Waals surface area contributed by atoms with Crippen molar-refractivity contribution in [1.82, 2.24) is 10.2 Å². The molecule has 0 aromatic heterocycles. The van der Waals surface area contributed by atoms with Gasteiger partial charge in [-0.2, -0.15) is 0 Å². The quantitative estimate of drug-likeness (QED) is 0.855. The molecular formula is C14H19FN2O2. The van der Waals surface area contributed by atoms with Gasteiger partial charge in [0.1, 0.15) is 11.6 Å². The van der Waals surface area contributed by atoms with E-state index in [4.69, 9.17) is 5.11 Å². The SMILES string of the molecule is CC1CN(C)CCC1NC(=O)c1ccc(O)cc1F. The van der Waals surface area contributed by atoms with Crippen LogP contribution in [0.5, 0.6) is 5.75 Å². The lowest BCUT2D eigenvalue weighted by Gasteiger charge is -2.35. The van der Waals surface area contributed by atoms with Gasteiger partial charge in [0.05, 0.1) is 5.56 Å². The Morgan fingerprint density at radius 1 is 1.53 bits per heavy atom. The highest BCUT2D eigenvalue weighted by molar-refractivity contribution is 5.94. The zero-order valence-corrected chi connectivity index (χ0v) is 11.2. The summed E-state index contributed by atoms with van der Waals surface area (Å²) < 4.78 is 13.6. The number of rotatable bonds is 2. The number of likely N-dealkylation sites (tertiary alicyclic amines) is 1. The predicted molar refractivity (Wildman–Crippen MR) is 70.6 cm³/mol. The number of piperidine rings is 1. The Morgan fingerprint density at radius 3 is 2.89 bits per heavy atom. The minimum Gasteiger partial charge on any atom is -0.508 e. The van der Waals surface area contributed by atoms with Crippen LogP contribution in [0.1, 0.15) is 23.7 Å². The van der Waals surface area contributed by atoms with Crippen molar-refractivity contribution >= 4 is 5.91 Å². The standard InChI is InChI=1S/C14H19FN2O2/c1-9-8-17(2)6-5-13(9)16-14(19)11-4-3-10(18)7-12(11)15/h3-4,7,9,13,18H,5-6,8H2,1-2H3,(H,16,19). The predicted octanol–water partition coefficient (Wildman–Crippen LogP) is 1.60. The van der Waals surface area contributed by atoms with E-state index in [0.717, 1.165) is 25.6 Å². The largest absolute Gasteiger partial charge is 0.508 e. The van der Waals surface area contributed by atoms with Crippen molar-refractivity contribution < 1.29 is 14.3 Å². The summed E-state index contributed by atoms with van der Waals surface area (Å²) in [6, 6.07) is 3.64. The second-order valence-electron chi connectivity index (χ2n) is 5.27. The molecule has 5 heteroatoms. The van der Waals surface area contributed by atoms with E-state index in [-0.39, 0.29) is 17.4 Å². The molecule has 0 spiro atoms. The first-order chi connectivity index (χ1) is 8.97. The van der Waals surface area contributed by atoms with E-state index in [1.807, 2.05) is 7.05 Å². The topological polar surface area (TPSA) is 52.6 Å². The smallest absolute Gasteiger partial charge is 0.254 e. The number of phenols is 1. The van der Waals surface area contributed by atoms with Gasteiger partial charge in [-0.25, -0.2) is 4.39 Å². The second kappa shape index (κ2) is 5.57. The van der Waals surface area contributed by atoms with E-state index in [9.17, 15) is 9.18 Å². The lowest BCUT2D eigenvalue weighted by atomic mass is 9.94. The molecule has 1 heterocycles. The van der Waals surface area contributed by atoms with Crippen molar-refractivity contribution in [1.29, 1.82) is 0 Å². The van der Waals surface area contributed by atoms with Gasteiger partial charge in [-0.15, -0.1) is 0 Å². The average molecular weight is 266 g/mol. The Bertz CT molecular complexity index is 479. The number of nitrogens with zero attached hydrogens (tertiary/aromatic N) is 1. The van der Waals surface area contributed by atoms with Crippen LogP contribution in [0.2, 0.25) is 0 Å². The third-order valence-corrected chi connectivity index (χ3v) is 3.62. The lowest BCUT2D eigenvalue weighted by Crippen LogP contribution is -2.49. The van der Waals surface area contributed by atoms with Gasteiger partial charge < -0.3 is 15.3 Å². The fourth-order valence-corrected chi connectivity index (χ4v) is 2.50. The van der Waals surface area contributed by atoms with E-state index in [1.165, 1.54) is 12.1 Å². The van der Waals surface area contributed by atoms with Crippen LogP contribution in [0.4, 0.5) is 4.39 Å². The number of amides is 1. The van der Waals surface area contributed by atoms with Crippen LogP contribution in [-0.2, 0) is 0 Å². The second-order valence-corrected chi connectivity index (χ2v) is 5.27. The first-order valence-corrected chi connectivity index (χ1v) is 6.45. The molecule has 19 heavy (non-hydrogen) atoms. The van der Waals surface area contributed by atoms with Crippen LogP contribution < -0.4 is 5.32 Å². The highest BCUT2D eigenvalue weighted by Crippen LogP contribution is 2.18. The Balaban J connectivity index is 2.04. The van der Waals surface area contributed by atoms with Crippen LogP contribution in [0.15, 0.2) is 18.2 Å². The summed E-state index contributed by atoms with van der Waals surface area (Å²) in [5.74, 6) is -0.957. The number of aromatic hydroxyl groups is 1. The van der Waals surface area contributed by atoms with Gasteiger partial charge in [0.15, 0.2) is 0 Å². The molecule has 104 valence electrons. The van der Waals surface area contributed by atoms with E-state index in [2.05, 4.69) is 17.1 Å². The molecule has 0 saturated carbocycles. The number of benzene rings is 1. The minimum atomic E-state index is -0.696. The zero-order valence-electron chi connectivity index (χ0n) is 11.2. The number of nitrogens with one attached hydrogen (secondary N) is 1. The maximum absolute atomic E-state index is 13.6. The van der Waals surface area contributed by atoms with Crippen LogP contribution in [-0.4, -0.2) is 42.1 Å². The number of halogens is 1. The average Bonchev–Trinajstić information content (AvgIpc) is 2.32. The molecule has 2 rings (SSSR count). The number of hydrogen-bond acceptors (Lipinski definition) is 3. The molecule has 1 aromatic rings. The Hall–Kier alpha value is -1.62. The van der Waals surface area contributed by atoms with E-state index in [0.29, 0.717) is 5.92 Å². The molecule has 0 radical (unpaired) electrons. The summed E-state index contributed by atoms with van der Waals surface area (Å²) in [7, 11) is 2.05. The monoisotopic (exact) mass is 266 g/mol. The molecule has 0 bridgehead atoms. The molecular weight excluding hydrogens is 247 g/mol. The molecule has 1 fully saturated rings. The molecule has 0 aliphatic carbocycles. The van der Waals surface area contributed by atoms with Crippen LogP contribution in [0.3, 0.4) is 0 Å². The molecule has 1 saturated heterocycles. The first-order valence-electron chi connectivity index (χ1n) is 6.45. The molecule has 1 aromatic carbocycles. The summed E-state index contributed by atoms with van der Waals surface area (Å²) in [6.07, 6.45) is 0.864. The first kappa shape index (κ1) is 13.8. The lowest BCUT2D eigenvalue weighted by molar-refractivity contribution is 0.0880. The summed E-state index contributed by atoms with van der Waals surface area (Å²) >= 11 is 0. The number of phenolic OH excluding ortho intramolecular Hbond substituents is 1. The number of hydrogen-bond donors (Lipinski definition) is 2. The third-order valence-electron chi connectivity index (χ3n) is 3.62. The highest BCUT2D eigenvalue weighted by atomic mass is 19.1. The Labute approximate surface area is 112 Å². The van der Waals surface area contributed by atoms with Crippen molar-refractivity contribution in [2.75, 3.05) is 20.1 Å². The summed E-state index contributed by atoms with van der Waals surface area (Å²) in [4.78, 5) is 14.2. The van der Waals surface area contributed by atoms with E-state index in [1.54, 1.807) is 0 Å². The molecule has 2 atom stereocenters. The van der Waals surface area contributed by atoms with Crippen molar-refractivity contribution in [2.24, 2.45) is 5.92 Å². The van der Waals surface area contributed by atoms with Gasteiger partial charge in [0, 0.05) is 18.7 Å². The summed E-state index contributed by atoms with van der Waals surface area (Å²) in [5, 5.41) is 12.0. The Kier molecular flexibility index (Phi) is 4.04. The fourth-order valence-electron chi connectivity index (χ4n) is 2.50. The van der Waals surface area contributed by atoms with Gasteiger partial charge in [-0.3, -0.25) is 4.79 Å². The minimum absolute atomic E-state index is 0.0241. The maximum Gasteiger partial charge on any atom is 0.254 e. The van der Waals surface area contributed by atoms with Crippen LogP contribution in [0, 0.1) is 11.7 Å². The maximum atomic E-state index is 13.6. The Morgan fingerprint density at radius 2 is 2.26 bits per heavy atom.